The molecule has 7 nitrogen and oxygen atoms in total. The Balaban J connectivity index is 1.78. The topological polar surface area (TPSA) is 88.3 Å². The second-order valence-corrected chi connectivity index (χ2v) is 7.42. The smallest absolute Gasteiger partial charge is 0.240 e. The summed E-state index contributed by atoms with van der Waals surface area (Å²) in [4.78, 5) is 29.7. The predicted octanol–water partition coefficient (Wildman–Crippen LogP) is 2.57. The molecule has 2 amide bonds. The van der Waals surface area contributed by atoms with E-state index in [0.29, 0.717) is 30.1 Å². The second-order valence-electron chi connectivity index (χ2n) is 7.42. The lowest BCUT2D eigenvalue weighted by Gasteiger charge is -2.23. The number of rotatable bonds is 7. The van der Waals surface area contributed by atoms with Crippen LogP contribution in [0.2, 0.25) is 0 Å². The Hall–Kier alpha value is -2.77. The molecule has 0 fully saturated rings. The highest BCUT2D eigenvalue weighted by Gasteiger charge is 2.18. The van der Waals surface area contributed by atoms with E-state index in [1.165, 1.54) is 17.0 Å². The molecule has 1 aromatic carbocycles. The van der Waals surface area contributed by atoms with Gasteiger partial charge >= 0.3 is 0 Å². The van der Waals surface area contributed by atoms with E-state index in [1.807, 2.05) is 20.8 Å². The zero-order valence-electron chi connectivity index (χ0n) is 16.1. The highest BCUT2D eigenvalue weighted by molar-refractivity contribution is 5.84. The average Bonchev–Trinajstić information content (AvgIpc) is 3.02. The van der Waals surface area contributed by atoms with Gasteiger partial charge in [0.1, 0.15) is 5.82 Å². The molecule has 0 aliphatic heterocycles. The Kier molecular flexibility index (Phi) is 6.65. The number of hydrogen-bond acceptors (Lipinski definition) is 5. The van der Waals surface area contributed by atoms with E-state index >= 15 is 0 Å². The van der Waals surface area contributed by atoms with Crippen LogP contribution in [-0.2, 0) is 16.0 Å². The molecular weight excluding hydrogens is 351 g/mol. The van der Waals surface area contributed by atoms with Gasteiger partial charge in [-0.05, 0) is 51.5 Å². The summed E-state index contributed by atoms with van der Waals surface area (Å²) < 4.78 is 18.1. The number of amides is 2. The van der Waals surface area contributed by atoms with E-state index in [0.717, 1.165) is 0 Å². The molecule has 0 saturated carbocycles. The van der Waals surface area contributed by atoms with Crippen molar-refractivity contribution in [3.63, 3.8) is 0 Å². The summed E-state index contributed by atoms with van der Waals surface area (Å²) in [6.07, 6.45) is 1.24. The van der Waals surface area contributed by atoms with Gasteiger partial charge in [-0.2, -0.15) is 4.98 Å². The first kappa shape index (κ1) is 20.5. The zero-order valence-corrected chi connectivity index (χ0v) is 16.1. The van der Waals surface area contributed by atoms with Crippen molar-refractivity contribution in [1.82, 2.24) is 20.4 Å². The molecule has 0 atom stereocenters. The van der Waals surface area contributed by atoms with Crippen molar-refractivity contribution in [1.29, 1.82) is 0 Å². The number of nitrogens with zero attached hydrogens (tertiary/aromatic N) is 3. The molecule has 0 aliphatic carbocycles. The predicted molar refractivity (Wildman–Crippen MR) is 98.2 cm³/mol. The molecule has 2 aromatic rings. The van der Waals surface area contributed by atoms with Crippen molar-refractivity contribution >= 4 is 11.8 Å². The number of carbonyl (C=O) groups excluding carboxylic acids is 2. The molecule has 8 heteroatoms. The molecule has 0 radical (unpaired) electrons. The minimum atomic E-state index is -0.332. The van der Waals surface area contributed by atoms with E-state index in [1.54, 1.807) is 19.2 Å². The zero-order chi connectivity index (χ0) is 20.0. The number of carbonyl (C=O) groups is 2. The number of likely N-dealkylation sites (N-methyl/N-ethyl adjacent to an activating group) is 1. The van der Waals surface area contributed by atoms with Gasteiger partial charge in [0.2, 0.25) is 23.5 Å². The standard InChI is InChI=1S/C19H25FN4O3/c1-19(2,3)22-15(25)12-24(4)17(26)7-5-6-16-21-18(23-27-16)13-8-10-14(20)11-9-13/h8-11H,5-7,12H2,1-4H3,(H,22,25). The van der Waals surface area contributed by atoms with Crippen molar-refractivity contribution in [2.45, 2.75) is 45.6 Å². The van der Waals surface area contributed by atoms with E-state index in [9.17, 15) is 14.0 Å². The first-order chi connectivity index (χ1) is 12.6. The molecule has 0 bridgehead atoms. The highest BCUT2D eigenvalue weighted by atomic mass is 19.1. The Morgan fingerprint density at radius 2 is 1.89 bits per heavy atom. The van der Waals surface area contributed by atoms with Crippen LogP contribution in [-0.4, -0.2) is 46.0 Å². The van der Waals surface area contributed by atoms with E-state index < -0.39 is 0 Å². The third kappa shape index (κ3) is 6.80. The van der Waals surface area contributed by atoms with Crippen LogP contribution in [0, 0.1) is 5.82 Å². The number of hydrogen-bond donors (Lipinski definition) is 1. The van der Waals surface area contributed by atoms with Gasteiger partial charge in [0.15, 0.2) is 0 Å². The van der Waals surface area contributed by atoms with Crippen LogP contribution in [0.3, 0.4) is 0 Å². The summed E-state index contributed by atoms with van der Waals surface area (Å²) in [5.41, 5.74) is 0.327. The van der Waals surface area contributed by atoms with Gasteiger partial charge in [0.25, 0.3) is 0 Å². The fourth-order valence-corrected chi connectivity index (χ4v) is 2.42. The van der Waals surface area contributed by atoms with Crippen molar-refractivity contribution in [3.05, 3.63) is 36.0 Å². The molecule has 146 valence electrons. The van der Waals surface area contributed by atoms with Gasteiger partial charge in [0, 0.05) is 31.0 Å². The van der Waals surface area contributed by atoms with Crippen LogP contribution >= 0.6 is 0 Å². The van der Waals surface area contributed by atoms with Gasteiger partial charge in [-0.1, -0.05) is 5.16 Å². The first-order valence-electron chi connectivity index (χ1n) is 8.77. The third-order valence-corrected chi connectivity index (χ3v) is 3.67. The van der Waals surface area contributed by atoms with Crippen LogP contribution in [0.5, 0.6) is 0 Å². The summed E-state index contributed by atoms with van der Waals surface area (Å²) >= 11 is 0. The number of nitrogens with one attached hydrogen (secondary N) is 1. The van der Waals surface area contributed by atoms with Crippen molar-refractivity contribution in [2.75, 3.05) is 13.6 Å². The van der Waals surface area contributed by atoms with Gasteiger partial charge in [0.05, 0.1) is 6.54 Å². The number of aromatic nitrogens is 2. The molecule has 0 spiro atoms. The lowest BCUT2D eigenvalue weighted by atomic mass is 10.1. The molecule has 0 unspecified atom stereocenters. The molecular formula is C19H25FN4O3. The molecule has 2 rings (SSSR count). The number of halogens is 1. The van der Waals surface area contributed by atoms with Crippen molar-refractivity contribution in [3.8, 4) is 11.4 Å². The number of aryl methyl sites for hydroxylation is 1. The minimum Gasteiger partial charge on any atom is -0.350 e. The van der Waals surface area contributed by atoms with E-state index in [4.69, 9.17) is 4.52 Å². The molecule has 0 aliphatic rings. The molecule has 0 saturated heterocycles. The number of benzene rings is 1. The first-order valence-corrected chi connectivity index (χ1v) is 8.77. The summed E-state index contributed by atoms with van der Waals surface area (Å²) in [6, 6.07) is 5.81. The average molecular weight is 376 g/mol. The molecule has 27 heavy (non-hydrogen) atoms. The van der Waals surface area contributed by atoms with Gasteiger partial charge < -0.3 is 14.7 Å². The van der Waals surface area contributed by atoms with Crippen LogP contribution in [0.1, 0.15) is 39.5 Å². The fourth-order valence-electron chi connectivity index (χ4n) is 2.42. The maximum atomic E-state index is 12.9. The maximum Gasteiger partial charge on any atom is 0.240 e. The van der Waals surface area contributed by atoms with Crippen molar-refractivity contribution in [2.24, 2.45) is 0 Å². The summed E-state index contributed by atoms with van der Waals surface area (Å²) in [7, 11) is 1.60. The summed E-state index contributed by atoms with van der Waals surface area (Å²) in [5.74, 6) is 0.139. The van der Waals surface area contributed by atoms with Gasteiger partial charge in [-0.3, -0.25) is 9.59 Å². The van der Waals surface area contributed by atoms with Crippen LogP contribution in [0.4, 0.5) is 4.39 Å². The summed E-state index contributed by atoms with van der Waals surface area (Å²) in [6.45, 7) is 5.68. The monoisotopic (exact) mass is 376 g/mol. The maximum absolute atomic E-state index is 12.9. The summed E-state index contributed by atoms with van der Waals surface area (Å²) in [5, 5.41) is 6.68. The van der Waals surface area contributed by atoms with Gasteiger partial charge in [-0.15, -0.1) is 0 Å². The lowest BCUT2D eigenvalue weighted by Crippen LogP contribution is -2.46. The minimum absolute atomic E-state index is 0.0192. The SMILES string of the molecule is CN(CC(=O)NC(C)(C)C)C(=O)CCCc1nc(-c2ccc(F)cc2)no1. The highest BCUT2D eigenvalue weighted by Crippen LogP contribution is 2.17. The van der Waals surface area contributed by atoms with Crippen LogP contribution in [0.25, 0.3) is 11.4 Å². The Labute approximate surface area is 157 Å². The Bertz CT molecular complexity index is 781. The fraction of sp³-hybridized carbons (Fsp3) is 0.474. The third-order valence-electron chi connectivity index (χ3n) is 3.67. The molecule has 1 N–H and O–H groups in total. The van der Waals surface area contributed by atoms with E-state index in [-0.39, 0.29) is 36.1 Å². The van der Waals surface area contributed by atoms with Gasteiger partial charge in [-0.25, -0.2) is 4.39 Å². The van der Waals surface area contributed by atoms with Crippen molar-refractivity contribution < 1.29 is 18.5 Å². The van der Waals surface area contributed by atoms with Crippen LogP contribution in [0.15, 0.2) is 28.8 Å². The lowest BCUT2D eigenvalue weighted by molar-refractivity contribution is -0.135. The van der Waals surface area contributed by atoms with Crippen LogP contribution < -0.4 is 5.32 Å². The molecule has 1 aromatic heterocycles. The Morgan fingerprint density at radius 1 is 1.22 bits per heavy atom. The van der Waals surface area contributed by atoms with E-state index in [2.05, 4.69) is 15.5 Å². The molecule has 1 heterocycles. The Morgan fingerprint density at radius 3 is 2.52 bits per heavy atom. The largest absolute Gasteiger partial charge is 0.350 e. The second kappa shape index (κ2) is 8.75. The normalized spacial score (nSPS) is 11.3. The quantitative estimate of drug-likeness (QED) is 0.802.